The summed E-state index contributed by atoms with van der Waals surface area (Å²) in [5.41, 5.74) is 1.13. The van der Waals surface area contributed by atoms with Gasteiger partial charge in [0.1, 0.15) is 12.4 Å². The average Bonchev–Trinajstić information content (AvgIpc) is 2.48. The van der Waals surface area contributed by atoms with Gasteiger partial charge in [-0.3, -0.25) is 0 Å². The molecule has 1 aromatic rings. The molecule has 118 valence electrons. The molecule has 1 aliphatic heterocycles. The molecule has 1 aromatic carbocycles. The number of hydrogen-bond acceptors (Lipinski definition) is 5. The third-order valence-corrected chi connectivity index (χ3v) is 5.83. The van der Waals surface area contributed by atoms with Gasteiger partial charge in [-0.05, 0) is 26.0 Å². The summed E-state index contributed by atoms with van der Waals surface area (Å²) in [4.78, 5) is 2.30. The molecule has 0 aromatic heterocycles. The maximum absolute atomic E-state index is 11.7. The molecule has 5 nitrogen and oxygen atoms in total. The van der Waals surface area contributed by atoms with E-state index in [0.29, 0.717) is 0 Å². The maximum atomic E-state index is 11.7. The van der Waals surface area contributed by atoms with Crippen LogP contribution in [0.15, 0.2) is 24.3 Å². The van der Waals surface area contributed by atoms with E-state index in [9.17, 15) is 8.42 Å². The highest BCUT2D eigenvalue weighted by Crippen LogP contribution is 2.21. The SMILES string of the molecule is CC(C)S(=O)(=O)CCOc1cccc(N2CCNCC2)c1. The molecular weight excluding hydrogens is 288 g/mol. The van der Waals surface area contributed by atoms with Gasteiger partial charge in [-0.1, -0.05) is 6.07 Å². The van der Waals surface area contributed by atoms with E-state index in [1.54, 1.807) is 13.8 Å². The van der Waals surface area contributed by atoms with Gasteiger partial charge in [-0.2, -0.15) is 0 Å². The topological polar surface area (TPSA) is 58.6 Å². The minimum absolute atomic E-state index is 0.0581. The minimum Gasteiger partial charge on any atom is -0.492 e. The van der Waals surface area contributed by atoms with Gasteiger partial charge in [0.15, 0.2) is 9.84 Å². The van der Waals surface area contributed by atoms with Crippen LogP contribution >= 0.6 is 0 Å². The Hall–Kier alpha value is -1.27. The maximum Gasteiger partial charge on any atom is 0.155 e. The van der Waals surface area contributed by atoms with Gasteiger partial charge in [0.25, 0.3) is 0 Å². The molecule has 1 aliphatic rings. The number of nitrogens with one attached hydrogen (secondary N) is 1. The molecule has 1 N–H and O–H groups in total. The fourth-order valence-corrected chi connectivity index (χ4v) is 2.99. The lowest BCUT2D eigenvalue weighted by atomic mass is 10.2. The first-order valence-corrected chi connectivity index (χ1v) is 9.11. The monoisotopic (exact) mass is 312 g/mol. The fraction of sp³-hybridized carbons (Fsp3) is 0.600. The van der Waals surface area contributed by atoms with Gasteiger partial charge < -0.3 is 15.0 Å². The number of sulfone groups is 1. The zero-order chi connectivity index (χ0) is 15.3. The normalized spacial score (nSPS) is 16.2. The molecule has 1 fully saturated rings. The zero-order valence-electron chi connectivity index (χ0n) is 12.7. The zero-order valence-corrected chi connectivity index (χ0v) is 13.5. The second-order valence-corrected chi connectivity index (χ2v) is 8.18. The second-order valence-electron chi connectivity index (χ2n) is 5.50. The Balaban J connectivity index is 1.92. The van der Waals surface area contributed by atoms with Crippen LogP contribution < -0.4 is 15.0 Å². The number of nitrogens with zero attached hydrogens (tertiary/aromatic N) is 1. The number of ether oxygens (including phenoxy) is 1. The lowest BCUT2D eigenvalue weighted by Crippen LogP contribution is -2.43. The lowest BCUT2D eigenvalue weighted by molar-refractivity contribution is 0.340. The summed E-state index contributed by atoms with van der Waals surface area (Å²) in [6.45, 7) is 7.51. The highest BCUT2D eigenvalue weighted by Gasteiger charge is 2.16. The van der Waals surface area contributed by atoms with Gasteiger partial charge in [-0.25, -0.2) is 8.42 Å². The first-order valence-electron chi connectivity index (χ1n) is 7.39. The first kappa shape index (κ1) is 16.1. The highest BCUT2D eigenvalue weighted by molar-refractivity contribution is 7.91. The number of anilines is 1. The Bertz CT molecular complexity index is 552. The van der Waals surface area contributed by atoms with Crippen LogP contribution in [0.4, 0.5) is 5.69 Å². The molecule has 0 atom stereocenters. The molecule has 0 bridgehead atoms. The van der Waals surface area contributed by atoms with E-state index in [1.807, 2.05) is 18.2 Å². The van der Waals surface area contributed by atoms with Crippen LogP contribution in [-0.2, 0) is 9.84 Å². The van der Waals surface area contributed by atoms with Crippen molar-refractivity contribution >= 4 is 15.5 Å². The largest absolute Gasteiger partial charge is 0.492 e. The number of benzene rings is 1. The van der Waals surface area contributed by atoms with Crippen molar-refractivity contribution in [1.29, 1.82) is 0 Å². The molecule has 0 radical (unpaired) electrons. The van der Waals surface area contributed by atoms with Crippen LogP contribution in [0.2, 0.25) is 0 Å². The molecule has 1 heterocycles. The summed E-state index contributed by atoms with van der Waals surface area (Å²) in [7, 11) is -3.04. The Labute approximate surface area is 127 Å². The lowest BCUT2D eigenvalue weighted by Gasteiger charge is -2.29. The summed E-state index contributed by atoms with van der Waals surface area (Å²) >= 11 is 0. The van der Waals surface area contributed by atoms with E-state index in [-0.39, 0.29) is 17.6 Å². The third kappa shape index (κ3) is 4.61. The van der Waals surface area contributed by atoms with Gasteiger partial charge in [0.05, 0.1) is 11.0 Å². The summed E-state index contributed by atoms with van der Waals surface area (Å²) in [6, 6.07) is 7.85. The molecule has 0 amide bonds. The Kier molecular flexibility index (Phi) is 5.47. The van der Waals surface area contributed by atoms with E-state index in [2.05, 4.69) is 16.3 Å². The summed E-state index contributed by atoms with van der Waals surface area (Å²) in [6.07, 6.45) is 0. The fourth-order valence-electron chi connectivity index (χ4n) is 2.20. The van der Waals surface area contributed by atoms with Gasteiger partial charge in [-0.15, -0.1) is 0 Å². The molecule has 2 rings (SSSR count). The summed E-state index contributed by atoms with van der Waals surface area (Å²) in [5, 5.41) is 2.97. The number of hydrogen-bond donors (Lipinski definition) is 1. The summed E-state index contributed by atoms with van der Waals surface area (Å²) < 4.78 is 29.1. The quantitative estimate of drug-likeness (QED) is 0.858. The second kappa shape index (κ2) is 7.13. The van der Waals surface area contributed by atoms with Crippen molar-refractivity contribution in [2.45, 2.75) is 19.1 Å². The molecule has 6 heteroatoms. The van der Waals surface area contributed by atoms with Crippen molar-refractivity contribution in [3.05, 3.63) is 24.3 Å². The molecule has 0 saturated carbocycles. The average molecular weight is 312 g/mol. The van der Waals surface area contributed by atoms with Crippen molar-refractivity contribution in [3.63, 3.8) is 0 Å². The van der Waals surface area contributed by atoms with Gasteiger partial charge >= 0.3 is 0 Å². The molecular formula is C15H24N2O3S. The minimum atomic E-state index is -3.04. The van der Waals surface area contributed by atoms with Crippen LogP contribution in [-0.4, -0.2) is 52.2 Å². The third-order valence-electron chi connectivity index (χ3n) is 3.65. The van der Waals surface area contributed by atoms with Crippen LogP contribution in [0, 0.1) is 0 Å². The molecule has 0 spiro atoms. The van der Waals surface area contributed by atoms with Crippen molar-refractivity contribution in [3.8, 4) is 5.75 Å². The molecule has 21 heavy (non-hydrogen) atoms. The highest BCUT2D eigenvalue weighted by atomic mass is 32.2. The smallest absolute Gasteiger partial charge is 0.155 e. The standard InChI is InChI=1S/C15H24N2O3S/c1-13(2)21(18,19)11-10-20-15-5-3-4-14(12-15)17-8-6-16-7-9-17/h3-5,12-13,16H,6-11H2,1-2H3. The Morgan fingerprint density at radius 3 is 2.67 bits per heavy atom. The first-order chi connectivity index (χ1) is 9.99. The van der Waals surface area contributed by atoms with Crippen LogP contribution in [0.3, 0.4) is 0 Å². The van der Waals surface area contributed by atoms with Crippen LogP contribution in [0.5, 0.6) is 5.75 Å². The van der Waals surface area contributed by atoms with Crippen molar-refractivity contribution in [2.75, 3.05) is 43.4 Å². The van der Waals surface area contributed by atoms with Gasteiger partial charge in [0.2, 0.25) is 0 Å². The molecule has 1 saturated heterocycles. The van der Waals surface area contributed by atoms with Crippen molar-refractivity contribution < 1.29 is 13.2 Å². The summed E-state index contributed by atoms with van der Waals surface area (Å²) in [5.74, 6) is 0.785. The predicted octanol–water partition coefficient (Wildman–Crippen LogP) is 1.30. The van der Waals surface area contributed by atoms with Crippen LogP contribution in [0.25, 0.3) is 0 Å². The van der Waals surface area contributed by atoms with E-state index < -0.39 is 9.84 Å². The predicted molar refractivity (Wildman–Crippen MR) is 85.9 cm³/mol. The van der Waals surface area contributed by atoms with E-state index >= 15 is 0 Å². The Morgan fingerprint density at radius 1 is 1.29 bits per heavy atom. The van der Waals surface area contributed by atoms with E-state index in [1.165, 1.54) is 0 Å². The van der Waals surface area contributed by atoms with Crippen molar-refractivity contribution in [2.24, 2.45) is 0 Å². The van der Waals surface area contributed by atoms with Gasteiger partial charge in [0, 0.05) is 37.9 Å². The van der Waals surface area contributed by atoms with E-state index in [0.717, 1.165) is 37.6 Å². The van der Waals surface area contributed by atoms with Crippen LogP contribution in [0.1, 0.15) is 13.8 Å². The van der Waals surface area contributed by atoms with Crippen molar-refractivity contribution in [1.82, 2.24) is 5.32 Å². The number of piperazine rings is 1. The number of rotatable bonds is 6. The molecule has 0 unspecified atom stereocenters. The van der Waals surface area contributed by atoms with E-state index in [4.69, 9.17) is 4.74 Å². The molecule has 0 aliphatic carbocycles. The Morgan fingerprint density at radius 2 is 2.00 bits per heavy atom.